The molecule has 0 spiro atoms. The smallest absolute Gasteiger partial charge is 0.265 e. The van der Waals surface area contributed by atoms with E-state index in [1.807, 2.05) is 25.1 Å². The molecule has 90 valence electrons. The van der Waals surface area contributed by atoms with Crippen LogP contribution in [0.4, 0.5) is 5.69 Å². The molecule has 0 radical (unpaired) electrons. The van der Waals surface area contributed by atoms with Crippen molar-refractivity contribution in [3.05, 3.63) is 23.8 Å². The molecule has 2 rings (SSSR count). The molecule has 0 unspecified atom stereocenters. The summed E-state index contributed by atoms with van der Waals surface area (Å²) in [7, 11) is 0. The van der Waals surface area contributed by atoms with E-state index in [1.165, 1.54) is 0 Å². The van der Waals surface area contributed by atoms with Crippen LogP contribution in [-0.2, 0) is 4.79 Å². The highest BCUT2D eigenvalue weighted by Gasteiger charge is 2.25. The number of ether oxygens (including phenoxy) is 1. The highest BCUT2D eigenvalue weighted by Crippen LogP contribution is 2.32. The van der Waals surface area contributed by atoms with Crippen LogP contribution in [0.15, 0.2) is 18.2 Å². The highest BCUT2D eigenvalue weighted by atomic mass is 16.5. The van der Waals surface area contributed by atoms with Gasteiger partial charge in [-0.15, -0.1) is 0 Å². The quantitative estimate of drug-likeness (QED) is 0.605. The zero-order chi connectivity index (χ0) is 12.4. The number of amidine groups is 1. The Hall–Kier alpha value is -2.04. The number of benzene rings is 1. The van der Waals surface area contributed by atoms with Crippen molar-refractivity contribution in [3.63, 3.8) is 0 Å². The molecule has 0 aromatic heterocycles. The zero-order valence-corrected chi connectivity index (χ0v) is 9.69. The molecule has 5 heteroatoms. The lowest BCUT2D eigenvalue weighted by atomic mass is 10.1. The van der Waals surface area contributed by atoms with Crippen LogP contribution in [-0.4, -0.2) is 24.9 Å². The van der Waals surface area contributed by atoms with Gasteiger partial charge in [0.05, 0.1) is 11.5 Å². The molecule has 0 saturated carbocycles. The van der Waals surface area contributed by atoms with Gasteiger partial charge < -0.3 is 15.4 Å². The second-order valence-corrected chi connectivity index (χ2v) is 4.08. The molecule has 5 nitrogen and oxygen atoms in total. The highest BCUT2D eigenvalue weighted by molar-refractivity contribution is 5.98. The predicted octanol–water partition coefficient (Wildman–Crippen LogP) is 1.05. The first-order chi connectivity index (χ1) is 8.08. The Balaban J connectivity index is 2.28. The number of carbonyl (C=O) groups excluding carboxylic acids is 1. The number of hydrogen-bond acceptors (Lipinski definition) is 3. The largest absolute Gasteiger partial charge is 0.482 e. The number of nitrogens with two attached hydrogens (primary N) is 1. The molecule has 0 bridgehead atoms. The maximum Gasteiger partial charge on any atom is 0.265 e. The molecule has 0 saturated heterocycles. The van der Waals surface area contributed by atoms with Crippen molar-refractivity contribution < 1.29 is 9.53 Å². The Morgan fingerprint density at radius 1 is 1.59 bits per heavy atom. The first-order valence-electron chi connectivity index (χ1n) is 5.44. The van der Waals surface area contributed by atoms with Gasteiger partial charge in [0.2, 0.25) is 0 Å². The Morgan fingerprint density at radius 2 is 2.35 bits per heavy atom. The van der Waals surface area contributed by atoms with E-state index in [9.17, 15) is 4.79 Å². The van der Waals surface area contributed by atoms with E-state index >= 15 is 0 Å². The van der Waals surface area contributed by atoms with Crippen LogP contribution in [0.3, 0.4) is 0 Å². The average molecular weight is 233 g/mol. The molecule has 3 N–H and O–H groups in total. The number of nitrogens with zero attached hydrogens (tertiary/aromatic N) is 1. The number of amides is 1. The Morgan fingerprint density at radius 3 is 3.06 bits per heavy atom. The second kappa shape index (κ2) is 4.45. The van der Waals surface area contributed by atoms with Crippen LogP contribution in [0.2, 0.25) is 0 Å². The summed E-state index contributed by atoms with van der Waals surface area (Å²) < 4.78 is 5.35. The van der Waals surface area contributed by atoms with Crippen LogP contribution in [0.5, 0.6) is 5.75 Å². The van der Waals surface area contributed by atoms with Crippen molar-refractivity contribution >= 4 is 17.4 Å². The Labute approximate surface area is 99.7 Å². The maximum atomic E-state index is 11.8. The fraction of sp³-hybridized carbons (Fsp3) is 0.333. The van der Waals surface area contributed by atoms with Gasteiger partial charge in [-0.25, -0.2) is 0 Å². The fourth-order valence-electron chi connectivity index (χ4n) is 1.79. The third-order valence-corrected chi connectivity index (χ3v) is 2.66. The van der Waals surface area contributed by atoms with Gasteiger partial charge in [0.15, 0.2) is 6.61 Å². The van der Waals surface area contributed by atoms with Crippen molar-refractivity contribution in [2.24, 2.45) is 5.73 Å². The molecule has 1 heterocycles. The molecular weight excluding hydrogens is 218 g/mol. The van der Waals surface area contributed by atoms with Crippen molar-refractivity contribution in [3.8, 4) is 5.75 Å². The third kappa shape index (κ3) is 2.38. The number of fused-ring (bicyclic) bond motifs is 1. The van der Waals surface area contributed by atoms with Crippen LogP contribution in [0.1, 0.15) is 12.0 Å². The van der Waals surface area contributed by atoms with Gasteiger partial charge in [-0.3, -0.25) is 10.2 Å². The van der Waals surface area contributed by atoms with Gasteiger partial charge >= 0.3 is 0 Å². The van der Waals surface area contributed by atoms with E-state index < -0.39 is 0 Å². The van der Waals surface area contributed by atoms with E-state index in [4.69, 9.17) is 15.9 Å². The monoisotopic (exact) mass is 233 g/mol. The summed E-state index contributed by atoms with van der Waals surface area (Å²) in [4.78, 5) is 13.4. The molecule has 1 aliphatic heterocycles. The molecule has 1 amide bonds. The number of rotatable bonds is 3. The van der Waals surface area contributed by atoms with Crippen molar-refractivity contribution in [1.29, 1.82) is 5.41 Å². The number of aryl methyl sites for hydroxylation is 1. The summed E-state index contributed by atoms with van der Waals surface area (Å²) in [5.41, 5.74) is 7.15. The lowest BCUT2D eigenvalue weighted by molar-refractivity contribution is -0.121. The number of anilines is 1. The molecule has 0 fully saturated rings. The fourth-order valence-corrected chi connectivity index (χ4v) is 1.79. The summed E-state index contributed by atoms with van der Waals surface area (Å²) in [5.74, 6) is 0.696. The first kappa shape index (κ1) is 11.4. The van der Waals surface area contributed by atoms with E-state index in [2.05, 4.69) is 0 Å². The van der Waals surface area contributed by atoms with Crippen LogP contribution in [0, 0.1) is 12.3 Å². The minimum absolute atomic E-state index is 0.0496. The van der Waals surface area contributed by atoms with Crippen LogP contribution < -0.4 is 15.4 Å². The lowest BCUT2D eigenvalue weighted by Gasteiger charge is -2.29. The van der Waals surface area contributed by atoms with Gasteiger partial charge in [0.1, 0.15) is 5.75 Å². The summed E-state index contributed by atoms with van der Waals surface area (Å²) in [6, 6.07) is 5.71. The number of hydrogen-bond donors (Lipinski definition) is 2. The first-order valence-corrected chi connectivity index (χ1v) is 5.44. The van der Waals surface area contributed by atoms with E-state index in [0.29, 0.717) is 18.7 Å². The van der Waals surface area contributed by atoms with E-state index in [0.717, 1.165) is 11.3 Å². The van der Waals surface area contributed by atoms with Gasteiger partial charge in [0, 0.05) is 13.0 Å². The predicted molar refractivity (Wildman–Crippen MR) is 65.6 cm³/mol. The van der Waals surface area contributed by atoms with Gasteiger partial charge in [-0.2, -0.15) is 0 Å². The molecule has 1 aromatic carbocycles. The average Bonchev–Trinajstić information content (AvgIpc) is 2.27. The van der Waals surface area contributed by atoms with Crippen molar-refractivity contribution in [1.82, 2.24) is 0 Å². The Kier molecular flexibility index (Phi) is 2.99. The SMILES string of the molecule is Cc1ccc2c(c1)N(CCC(=N)N)C(=O)CO2. The second-order valence-electron chi connectivity index (χ2n) is 4.08. The van der Waals surface area contributed by atoms with Gasteiger partial charge in [-0.05, 0) is 24.6 Å². The molecule has 1 aliphatic rings. The molecular formula is C12H15N3O2. The topological polar surface area (TPSA) is 79.4 Å². The lowest BCUT2D eigenvalue weighted by Crippen LogP contribution is -2.40. The molecule has 17 heavy (non-hydrogen) atoms. The summed E-state index contributed by atoms with van der Waals surface area (Å²) in [6.07, 6.45) is 0.374. The van der Waals surface area contributed by atoms with Crippen LogP contribution >= 0.6 is 0 Å². The van der Waals surface area contributed by atoms with Crippen molar-refractivity contribution in [2.75, 3.05) is 18.1 Å². The standard InChI is InChI=1S/C12H15N3O2/c1-8-2-3-10-9(6-8)15(5-4-11(13)14)12(16)7-17-10/h2-3,6H,4-5,7H2,1H3,(H3,13,14). The normalized spacial score (nSPS) is 14.2. The summed E-state index contributed by atoms with van der Waals surface area (Å²) in [5, 5.41) is 7.21. The molecule has 0 aliphatic carbocycles. The minimum Gasteiger partial charge on any atom is -0.482 e. The number of nitrogens with one attached hydrogen (secondary N) is 1. The van der Waals surface area contributed by atoms with Gasteiger partial charge in [0.25, 0.3) is 5.91 Å². The number of carbonyl (C=O) groups is 1. The minimum atomic E-state index is -0.0932. The summed E-state index contributed by atoms with van der Waals surface area (Å²) in [6.45, 7) is 2.43. The Bertz CT molecular complexity index is 471. The van der Waals surface area contributed by atoms with Gasteiger partial charge in [-0.1, -0.05) is 6.07 Å². The zero-order valence-electron chi connectivity index (χ0n) is 9.69. The molecule has 0 atom stereocenters. The van der Waals surface area contributed by atoms with Crippen LogP contribution in [0.25, 0.3) is 0 Å². The third-order valence-electron chi connectivity index (χ3n) is 2.66. The maximum absolute atomic E-state index is 11.8. The van der Waals surface area contributed by atoms with E-state index in [-0.39, 0.29) is 18.3 Å². The molecule has 1 aromatic rings. The summed E-state index contributed by atoms with van der Waals surface area (Å²) >= 11 is 0. The van der Waals surface area contributed by atoms with E-state index in [1.54, 1.807) is 4.90 Å². The van der Waals surface area contributed by atoms with Crippen molar-refractivity contribution in [2.45, 2.75) is 13.3 Å².